The largest absolute Gasteiger partial charge is 0.480 e. The summed E-state index contributed by atoms with van der Waals surface area (Å²) in [6, 6.07) is -0.736. The van der Waals surface area contributed by atoms with Gasteiger partial charge in [-0.05, 0) is 13.3 Å². The maximum Gasteiger partial charge on any atom is 0.330 e. The highest BCUT2D eigenvalue weighted by Gasteiger charge is 2.06. The molecule has 0 fully saturated rings. The summed E-state index contributed by atoms with van der Waals surface area (Å²) in [5.41, 5.74) is 0. The highest BCUT2D eigenvalue weighted by molar-refractivity contribution is 5.72. The van der Waals surface area contributed by atoms with Gasteiger partial charge in [-0.1, -0.05) is 6.08 Å². The lowest BCUT2D eigenvalue weighted by Gasteiger charge is -1.94. The number of azo groups is 1. The number of aliphatic carboxylic acids is 1. The van der Waals surface area contributed by atoms with Gasteiger partial charge >= 0.3 is 5.97 Å². The van der Waals surface area contributed by atoms with Crippen LogP contribution in [0.5, 0.6) is 0 Å². The van der Waals surface area contributed by atoms with Gasteiger partial charge in [-0.2, -0.15) is 10.2 Å². The zero-order valence-corrected chi connectivity index (χ0v) is 6.53. The molecule has 1 unspecified atom stereocenters. The van der Waals surface area contributed by atoms with E-state index in [1.807, 2.05) is 0 Å². The van der Waals surface area contributed by atoms with E-state index in [0.29, 0.717) is 6.54 Å². The molecule has 0 bridgehead atoms. The summed E-state index contributed by atoms with van der Waals surface area (Å²) in [7, 11) is 0. The molecule has 0 radical (unpaired) electrons. The Morgan fingerprint density at radius 1 is 1.82 bits per heavy atom. The molecule has 11 heavy (non-hydrogen) atoms. The first-order valence-corrected chi connectivity index (χ1v) is 3.38. The molecule has 62 valence electrons. The molecule has 0 spiro atoms. The molecule has 4 heteroatoms. The van der Waals surface area contributed by atoms with Crippen molar-refractivity contribution < 1.29 is 9.90 Å². The first kappa shape index (κ1) is 9.81. The van der Waals surface area contributed by atoms with E-state index in [-0.39, 0.29) is 0 Å². The predicted octanol–water partition coefficient (Wildman–Crippen LogP) is 1.49. The number of carboxylic acids is 1. The van der Waals surface area contributed by atoms with Crippen LogP contribution in [0.15, 0.2) is 22.9 Å². The molecular formula is C7H12N2O2. The van der Waals surface area contributed by atoms with E-state index in [1.165, 1.54) is 6.92 Å². The summed E-state index contributed by atoms with van der Waals surface area (Å²) in [6.07, 6.45) is 2.44. The monoisotopic (exact) mass is 156 g/mol. The van der Waals surface area contributed by atoms with Crippen LogP contribution in [0.4, 0.5) is 0 Å². The Morgan fingerprint density at radius 2 is 2.45 bits per heavy atom. The molecule has 0 aromatic rings. The van der Waals surface area contributed by atoms with Gasteiger partial charge in [0.2, 0.25) is 0 Å². The number of carboxylic acid groups (broad SMARTS) is 1. The fourth-order valence-electron chi connectivity index (χ4n) is 0.379. The SMILES string of the molecule is C=CCCN=NC(C)C(=O)O. The zero-order chi connectivity index (χ0) is 8.69. The second-order valence-corrected chi connectivity index (χ2v) is 2.07. The quantitative estimate of drug-likeness (QED) is 0.372. The van der Waals surface area contributed by atoms with Crippen molar-refractivity contribution in [1.82, 2.24) is 0 Å². The molecule has 1 N–H and O–H groups in total. The fraction of sp³-hybridized carbons (Fsp3) is 0.571. The van der Waals surface area contributed by atoms with Gasteiger partial charge in [-0.15, -0.1) is 6.58 Å². The van der Waals surface area contributed by atoms with Crippen LogP contribution in [0.25, 0.3) is 0 Å². The fourth-order valence-corrected chi connectivity index (χ4v) is 0.379. The Morgan fingerprint density at radius 3 is 2.91 bits per heavy atom. The van der Waals surface area contributed by atoms with Gasteiger partial charge in [0.1, 0.15) is 0 Å². The first-order valence-electron chi connectivity index (χ1n) is 3.38. The van der Waals surface area contributed by atoms with E-state index >= 15 is 0 Å². The molecule has 0 heterocycles. The lowest BCUT2D eigenvalue weighted by molar-refractivity contribution is -0.138. The Bertz CT molecular complexity index is 166. The Balaban J connectivity index is 3.56. The minimum Gasteiger partial charge on any atom is -0.480 e. The van der Waals surface area contributed by atoms with Gasteiger partial charge in [0.25, 0.3) is 0 Å². The standard InChI is InChI=1S/C7H12N2O2/c1-3-4-5-8-9-6(2)7(10)11/h3,6H,1,4-5H2,2H3,(H,10,11). The van der Waals surface area contributed by atoms with Crippen molar-refractivity contribution in [2.24, 2.45) is 10.2 Å². The second kappa shape index (κ2) is 5.58. The smallest absolute Gasteiger partial charge is 0.330 e. The normalized spacial score (nSPS) is 13.2. The maximum atomic E-state index is 10.2. The number of hydrogen-bond donors (Lipinski definition) is 1. The van der Waals surface area contributed by atoms with E-state index in [9.17, 15) is 4.79 Å². The summed E-state index contributed by atoms with van der Waals surface area (Å²) >= 11 is 0. The highest BCUT2D eigenvalue weighted by atomic mass is 16.4. The molecule has 0 aliphatic carbocycles. The molecule has 0 aromatic carbocycles. The molecule has 4 nitrogen and oxygen atoms in total. The van der Waals surface area contributed by atoms with Gasteiger partial charge in [0, 0.05) is 0 Å². The lowest BCUT2D eigenvalue weighted by atomic mass is 10.4. The topological polar surface area (TPSA) is 62.0 Å². The number of nitrogens with zero attached hydrogens (tertiary/aromatic N) is 2. The number of carbonyl (C=O) groups is 1. The van der Waals surface area contributed by atoms with Crippen molar-refractivity contribution in [2.45, 2.75) is 19.4 Å². The summed E-state index contributed by atoms with van der Waals surface area (Å²) in [5.74, 6) is -0.952. The van der Waals surface area contributed by atoms with E-state index in [4.69, 9.17) is 5.11 Å². The third-order valence-corrected chi connectivity index (χ3v) is 1.05. The van der Waals surface area contributed by atoms with Crippen molar-refractivity contribution in [1.29, 1.82) is 0 Å². The van der Waals surface area contributed by atoms with Crippen molar-refractivity contribution in [3.8, 4) is 0 Å². The van der Waals surface area contributed by atoms with Gasteiger partial charge < -0.3 is 5.11 Å². The molecule has 0 aromatic heterocycles. The van der Waals surface area contributed by atoms with Crippen LogP contribution >= 0.6 is 0 Å². The van der Waals surface area contributed by atoms with Crippen LogP contribution in [-0.4, -0.2) is 23.7 Å². The Kier molecular flexibility index (Phi) is 4.98. The molecule has 0 saturated carbocycles. The third kappa shape index (κ3) is 5.26. The van der Waals surface area contributed by atoms with Gasteiger partial charge in [0.05, 0.1) is 6.54 Å². The summed E-state index contributed by atoms with van der Waals surface area (Å²) in [4.78, 5) is 10.2. The average molecular weight is 156 g/mol. The van der Waals surface area contributed by atoms with Gasteiger partial charge in [0.15, 0.2) is 6.04 Å². The van der Waals surface area contributed by atoms with E-state index in [0.717, 1.165) is 6.42 Å². The van der Waals surface area contributed by atoms with Crippen molar-refractivity contribution >= 4 is 5.97 Å². The third-order valence-electron chi connectivity index (χ3n) is 1.05. The highest BCUT2D eigenvalue weighted by Crippen LogP contribution is 1.91. The van der Waals surface area contributed by atoms with Crippen LogP contribution < -0.4 is 0 Å². The van der Waals surface area contributed by atoms with Crippen LogP contribution in [0.2, 0.25) is 0 Å². The molecule has 0 aliphatic heterocycles. The average Bonchev–Trinajstić information content (AvgIpc) is 1.97. The minimum absolute atomic E-state index is 0.515. The maximum absolute atomic E-state index is 10.2. The van der Waals surface area contributed by atoms with Crippen molar-refractivity contribution in [3.05, 3.63) is 12.7 Å². The number of hydrogen-bond acceptors (Lipinski definition) is 3. The van der Waals surface area contributed by atoms with Crippen LogP contribution in [0.1, 0.15) is 13.3 Å². The summed E-state index contributed by atoms with van der Waals surface area (Å²) in [6.45, 7) is 5.50. The molecule has 0 amide bonds. The molecule has 0 rings (SSSR count). The summed E-state index contributed by atoms with van der Waals surface area (Å²) in [5, 5.41) is 15.6. The lowest BCUT2D eigenvalue weighted by Crippen LogP contribution is -2.12. The molecular weight excluding hydrogens is 144 g/mol. The first-order chi connectivity index (χ1) is 5.18. The minimum atomic E-state index is -0.952. The van der Waals surface area contributed by atoms with Crippen molar-refractivity contribution in [2.75, 3.05) is 6.54 Å². The Hall–Kier alpha value is -1.19. The van der Waals surface area contributed by atoms with Gasteiger partial charge in [-0.25, -0.2) is 4.79 Å². The number of rotatable bonds is 5. The Labute approximate surface area is 65.6 Å². The van der Waals surface area contributed by atoms with Crippen LogP contribution in [0, 0.1) is 0 Å². The predicted molar refractivity (Wildman–Crippen MR) is 41.6 cm³/mol. The van der Waals surface area contributed by atoms with E-state index in [2.05, 4.69) is 16.8 Å². The summed E-state index contributed by atoms with van der Waals surface area (Å²) < 4.78 is 0. The molecule has 1 atom stereocenters. The van der Waals surface area contributed by atoms with Crippen LogP contribution in [0.3, 0.4) is 0 Å². The van der Waals surface area contributed by atoms with E-state index < -0.39 is 12.0 Å². The van der Waals surface area contributed by atoms with E-state index in [1.54, 1.807) is 6.08 Å². The molecule has 0 aliphatic rings. The van der Waals surface area contributed by atoms with Crippen LogP contribution in [-0.2, 0) is 4.79 Å². The molecule has 0 saturated heterocycles. The second-order valence-electron chi connectivity index (χ2n) is 2.07. The van der Waals surface area contributed by atoms with Crippen molar-refractivity contribution in [3.63, 3.8) is 0 Å². The van der Waals surface area contributed by atoms with Gasteiger partial charge in [-0.3, -0.25) is 0 Å². The zero-order valence-electron chi connectivity index (χ0n) is 6.53.